The average Bonchev–Trinajstić information content (AvgIpc) is 3.08. The first kappa shape index (κ1) is 18.4. The van der Waals surface area contributed by atoms with E-state index in [0.717, 1.165) is 20.7 Å². The Bertz CT molecular complexity index is 867. The zero-order chi connectivity index (χ0) is 18.4. The Morgan fingerprint density at radius 1 is 1.15 bits per heavy atom. The molecule has 0 saturated carbocycles. The molecule has 0 unspecified atom stereocenters. The molecule has 1 heterocycles. The van der Waals surface area contributed by atoms with Crippen molar-refractivity contribution in [3.63, 3.8) is 0 Å². The van der Waals surface area contributed by atoms with Crippen LogP contribution in [0, 0.1) is 6.92 Å². The van der Waals surface area contributed by atoms with Crippen LogP contribution in [0.25, 0.3) is 0 Å². The molecule has 1 atom stereocenters. The molecule has 2 aromatic carbocycles. The van der Waals surface area contributed by atoms with Crippen molar-refractivity contribution in [2.75, 3.05) is 10.6 Å². The summed E-state index contributed by atoms with van der Waals surface area (Å²) in [5.74, 6) is -0.0467. The molecule has 0 fully saturated rings. The van der Waals surface area contributed by atoms with Crippen LogP contribution in [0.15, 0.2) is 58.9 Å². The molecule has 2 N–H and O–H groups in total. The largest absolute Gasteiger partial charge is 0.356 e. The van der Waals surface area contributed by atoms with Crippen molar-refractivity contribution in [2.45, 2.75) is 30.0 Å². The number of hydrogen-bond acceptors (Lipinski definition) is 6. The standard InChI is InChI=1S/C19H20N4OS2/c1-13-7-6-10-16(11-13)21-17(24)14(2)25-19-23-22-18(26-19)20-12-15-8-4-3-5-9-15/h3-11,14H,12H2,1-2H3,(H,20,22)(H,21,24)/t14-/m0/s1. The Morgan fingerprint density at radius 2 is 1.96 bits per heavy atom. The van der Waals surface area contributed by atoms with Crippen molar-refractivity contribution >= 4 is 39.8 Å². The molecule has 3 aromatic rings. The minimum Gasteiger partial charge on any atom is -0.356 e. The predicted octanol–water partition coefficient (Wildman–Crippen LogP) is 4.58. The maximum atomic E-state index is 12.4. The molecule has 0 aliphatic carbocycles. The Balaban J connectivity index is 1.52. The number of anilines is 2. The van der Waals surface area contributed by atoms with Crippen LogP contribution in [-0.4, -0.2) is 21.4 Å². The first-order valence-corrected chi connectivity index (χ1v) is 9.95. The summed E-state index contributed by atoms with van der Waals surface area (Å²) in [6.07, 6.45) is 0. The van der Waals surface area contributed by atoms with Crippen molar-refractivity contribution in [3.05, 3.63) is 65.7 Å². The van der Waals surface area contributed by atoms with Gasteiger partial charge in [-0.2, -0.15) is 0 Å². The molecule has 0 saturated heterocycles. The molecule has 0 aliphatic rings. The number of benzene rings is 2. The van der Waals surface area contributed by atoms with Gasteiger partial charge in [-0.1, -0.05) is 65.6 Å². The normalized spacial score (nSPS) is 11.8. The van der Waals surface area contributed by atoms with Crippen molar-refractivity contribution in [2.24, 2.45) is 0 Å². The van der Waals surface area contributed by atoms with Crippen LogP contribution in [0.5, 0.6) is 0 Å². The SMILES string of the molecule is Cc1cccc(NC(=O)[C@H](C)Sc2nnc(NCc3ccccc3)s2)c1. The number of thioether (sulfide) groups is 1. The number of hydrogen-bond donors (Lipinski definition) is 2. The summed E-state index contributed by atoms with van der Waals surface area (Å²) in [6.45, 7) is 4.57. The molecular weight excluding hydrogens is 364 g/mol. The molecule has 0 bridgehead atoms. The van der Waals surface area contributed by atoms with Gasteiger partial charge in [0.05, 0.1) is 5.25 Å². The maximum absolute atomic E-state index is 12.4. The third-order valence-electron chi connectivity index (χ3n) is 3.63. The Morgan fingerprint density at radius 3 is 2.73 bits per heavy atom. The summed E-state index contributed by atoms with van der Waals surface area (Å²) >= 11 is 2.87. The molecule has 3 rings (SSSR count). The zero-order valence-corrected chi connectivity index (χ0v) is 16.2. The van der Waals surface area contributed by atoms with Gasteiger partial charge in [0.2, 0.25) is 11.0 Å². The summed E-state index contributed by atoms with van der Waals surface area (Å²) in [7, 11) is 0. The van der Waals surface area contributed by atoms with E-state index in [2.05, 4.69) is 33.0 Å². The van der Waals surface area contributed by atoms with Crippen LogP contribution in [0.4, 0.5) is 10.8 Å². The molecular formula is C19H20N4OS2. The summed E-state index contributed by atoms with van der Waals surface area (Å²) in [6, 6.07) is 17.9. The highest BCUT2D eigenvalue weighted by molar-refractivity contribution is 8.02. The van der Waals surface area contributed by atoms with Crippen molar-refractivity contribution in [1.82, 2.24) is 10.2 Å². The quantitative estimate of drug-likeness (QED) is 0.584. The summed E-state index contributed by atoms with van der Waals surface area (Å²) in [4.78, 5) is 12.4. The van der Waals surface area contributed by atoms with E-state index in [9.17, 15) is 4.79 Å². The van der Waals surface area contributed by atoms with Gasteiger partial charge in [0.1, 0.15) is 0 Å². The highest BCUT2D eigenvalue weighted by Crippen LogP contribution is 2.29. The van der Waals surface area contributed by atoms with Crippen molar-refractivity contribution < 1.29 is 4.79 Å². The molecule has 134 valence electrons. The topological polar surface area (TPSA) is 66.9 Å². The first-order valence-electron chi connectivity index (χ1n) is 8.25. The second-order valence-corrected chi connectivity index (χ2v) is 8.40. The van der Waals surface area contributed by atoms with E-state index >= 15 is 0 Å². The smallest absolute Gasteiger partial charge is 0.237 e. The molecule has 1 aromatic heterocycles. The third-order valence-corrected chi connectivity index (χ3v) is 5.69. The van der Waals surface area contributed by atoms with Crippen LogP contribution in [0.2, 0.25) is 0 Å². The minimum atomic E-state index is -0.259. The predicted molar refractivity (Wildman–Crippen MR) is 109 cm³/mol. The fourth-order valence-electron chi connectivity index (χ4n) is 2.27. The molecule has 0 spiro atoms. The summed E-state index contributed by atoms with van der Waals surface area (Å²) in [5.41, 5.74) is 3.11. The van der Waals surface area contributed by atoms with E-state index in [1.165, 1.54) is 28.7 Å². The highest BCUT2D eigenvalue weighted by Gasteiger charge is 2.17. The van der Waals surface area contributed by atoms with Gasteiger partial charge in [-0.3, -0.25) is 4.79 Å². The van der Waals surface area contributed by atoms with Gasteiger partial charge >= 0.3 is 0 Å². The molecule has 26 heavy (non-hydrogen) atoms. The second kappa shape index (κ2) is 8.82. The second-order valence-electron chi connectivity index (χ2n) is 5.83. The van der Waals surface area contributed by atoms with E-state index < -0.39 is 0 Å². The number of aryl methyl sites for hydroxylation is 1. The van der Waals surface area contributed by atoms with Gasteiger partial charge in [0.15, 0.2) is 4.34 Å². The van der Waals surface area contributed by atoms with Gasteiger partial charge in [0.25, 0.3) is 0 Å². The lowest BCUT2D eigenvalue weighted by Gasteiger charge is -2.10. The van der Waals surface area contributed by atoms with Crippen LogP contribution in [-0.2, 0) is 11.3 Å². The monoisotopic (exact) mass is 384 g/mol. The molecule has 1 amide bonds. The lowest BCUT2D eigenvalue weighted by molar-refractivity contribution is -0.115. The fraction of sp³-hybridized carbons (Fsp3) is 0.211. The highest BCUT2D eigenvalue weighted by atomic mass is 32.2. The molecule has 0 radical (unpaired) electrons. The maximum Gasteiger partial charge on any atom is 0.237 e. The number of aromatic nitrogens is 2. The summed E-state index contributed by atoms with van der Waals surface area (Å²) < 4.78 is 0.771. The average molecular weight is 385 g/mol. The minimum absolute atomic E-state index is 0.0467. The van der Waals surface area contributed by atoms with Crippen LogP contribution >= 0.6 is 23.1 Å². The lowest BCUT2D eigenvalue weighted by Crippen LogP contribution is -2.22. The van der Waals surface area contributed by atoms with Crippen LogP contribution in [0.3, 0.4) is 0 Å². The van der Waals surface area contributed by atoms with E-state index in [4.69, 9.17) is 0 Å². The fourth-order valence-corrected chi connectivity index (χ4v) is 4.17. The zero-order valence-electron chi connectivity index (χ0n) is 14.6. The Labute approximate surface area is 161 Å². The van der Waals surface area contributed by atoms with E-state index in [-0.39, 0.29) is 11.2 Å². The van der Waals surface area contributed by atoms with E-state index in [1.54, 1.807) is 0 Å². The summed E-state index contributed by atoms with van der Waals surface area (Å²) in [5, 5.41) is 15.0. The number of carbonyl (C=O) groups excluding carboxylic acids is 1. The number of amides is 1. The Kier molecular flexibility index (Phi) is 6.25. The van der Waals surface area contributed by atoms with Crippen LogP contribution in [0.1, 0.15) is 18.1 Å². The first-order chi connectivity index (χ1) is 12.6. The number of carbonyl (C=O) groups is 1. The number of nitrogens with one attached hydrogen (secondary N) is 2. The van der Waals surface area contributed by atoms with Gasteiger partial charge in [-0.25, -0.2) is 0 Å². The number of nitrogens with zero attached hydrogens (tertiary/aromatic N) is 2. The van der Waals surface area contributed by atoms with Crippen molar-refractivity contribution in [1.29, 1.82) is 0 Å². The third kappa shape index (κ3) is 5.31. The number of rotatable bonds is 7. The van der Waals surface area contributed by atoms with Crippen LogP contribution < -0.4 is 10.6 Å². The molecule has 5 nitrogen and oxygen atoms in total. The molecule has 0 aliphatic heterocycles. The van der Waals surface area contributed by atoms with Crippen molar-refractivity contribution in [3.8, 4) is 0 Å². The lowest BCUT2D eigenvalue weighted by atomic mass is 10.2. The molecule has 7 heteroatoms. The Hall–Kier alpha value is -2.38. The van der Waals surface area contributed by atoms with Gasteiger partial charge < -0.3 is 10.6 Å². The van der Waals surface area contributed by atoms with Gasteiger partial charge in [-0.05, 0) is 37.1 Å². The van der Waals surface area contributed by atoms with Gasteiger partial charge in [-0.15, -0.1) is 10.2 Å². The van der Waals surface area contributed by atoms with E-state index in [0.29, 0.717) is 6.54 Å². The van der Waals surface area contributed by atoms with Gasteiger partial charge in [0, 0.05) is 12.2 Å². The van der Waals surface area contributed by atoms with E-state index in [1.807, 2.05) is 56.3 Å².